The van der Waals surface area contributed by atoms with Crippen molar-refractivity contribution in [2.45, 2.75) is 13.1 Å². The SMILES string of the molecule is Cc1ccc(-c2ccc(C(F)(F)F)cn2)nc1.[Cl][Re]. The molecule has 2 aromatic heterocycles. The standard InChI is InChI=1S/C12H9F3N2.ClH.Re/c1-8-2-4-10(16-6-8)11-5-3-9(7-17-11)12(13,14)15;;/h2-7H,1H3;1H;/q;;+1/p-1. The van der Waals surface area contributed by atoms with Crippen LogP contribution in [0.4, 0.5) is 13.2 Å². The summed E-state index contributed by atoms with van der Waals surface area (Å²) < 4.78 is 37.0. The monoisotopic (exact) mass is 460 g/mol. The Bertz CT molecular complexity index is 512. The van der Waals surface area contributed by atoms with Crippen LogP contribution in [0.5, 0.6) is 0 Å². The zero-order chi connectivity index (χ0) is 14.5. The Labute approximate surface area is 123 Å². The van der Waals surface area contributed by atoms with Crippen LogP contribution in [0.15, 0.2) is 36.7 Å². The molecule has 0 aliphatic carbocycles. The number of halogens is 4. The van der Waals surface area contributed by atoms with E-state index in [0.717, 1.165) is 17.8 Å². The second-order valence-electron chi connectivity index (χ2n) is 3.65. The number of aromatic nitrogens is 2. The summed E-state index contributed by atoms with van der Waals surface area (Å²) in [4.78, 5) is 7.86. The Morgan fingerprint density at radius 2 is 1.47 bits per heavy atom. The van der Waals surface area contributed by atoms with E-state index in [9.17, 15) is 13.2 Å². The van der Waals surface area contributed by atoms with Crippen LogP contribution in [0.25, 0.3) is 11.4 Å². The second kappa shape index (κ2) is 6.99. The van der Waals surface area contributed by atoms with Gasteiger partial charge < -0.3 is 0 Å². The van der Waals surface area contributed by atoms with E-state index in [4.69, 9.17) is 9.53 Å². The van der Waals surface area contributed by atoms with Crippen molar-refractivity contribution in [2.75, 3.05) is 0 Å². The first kappa shape index (κ1) is 16.1. The Kier molecular flexibility index (Phi) is 5.93. The summed E-state index contributed by atoms with van der Waals surface area (Å²) in [6.07, 6.45) is -1.89. The first-order valence-electron chi connectivity index (χ1n) is 5.07. The molecule has 0 unspecified atom stereocenters. The third-order valence-electron chi connectivity index (χ3n) is 2.26. The Morgan fingerprint density at radius 3 is 1.84 bits per heavy atom. The summed E-state index contributed by atoms with van der Waals surface area (Å²) in [7, 11) is 4.69. The zero-order valence-corrected chi connectivity index (χ0v) is 13.2. The van der Waals surface area contributed by atoms with E-state index >= 15 is 0 Å². The summed E-state index contributed by atoms with van der Waals surface area (Å²) in [5.74, 6) is 0. The minimum atomic E-state index is -4.35. The molecular weight excluding hydrogens is 451 g/mol. The first-order chi connectivity index (χ1) is 8.97. The van der Waals surface area contributed by atoms with Crippen LogP contribution in [-0.4, -0.2) is 9.97 Å². The molecule has 2 nitrogen and oxygen atoms in total. The fourth-order valence-corrected chi connectivity index (χ4v) is 1.33. The summed E-state index contributed by atoms with van der Waals surface area (Å²) in [5.41, 5.74) is 1.22. The number of rotatable bonds is 1. The van der Waals surface area contributed by atoms with Gasteiger partial charge in [-0.3, -0.25) is 9.97 Å². The molecule has 19 heavy (non-hydrogen) atoms. The molecular formula is C12H9ClF3N2Re. The van der Waals surface area contributed by atoms with Gasteiger partial charge in [-0.15, -0.1) is 0 Å². The van der Waals surface area contributed by atoms with E-state index in [-0.39, 0.29) is 0 Å². The van der Waals surface area contributed by atoms with Crippen molar-refractivity contribution in [2.24, 2.45) is 0 Å². The van der Waals surface area contributed by atoms with Gasteiger partial charge in [0.1, 0.15) is 0 Å². The predicted octanol–water partition coefficient (Wildman–Crippen LogP) is 4.16. The van der Waals surface area contributed by atoms with Gasteiger partial charge in [0.05, 0.1) is 17.0 Å². The Hall–Kier alpha value is -0.958. The molecule has 0 bridgehead atoms. The molecule has 2 rings (SSSR count). The number of alkyl halides is 3. The molecule has 2 heterocycles. The van der Waals surface area contributed by atoms with E-state index in [1.807, 2.05) is 13.0 Å². The van der Waals surface area contributed by atoms with Crippen molar-refractivity contribution >= 4 is 9.53 Å². The van der Waals surface area contributed by atoms with Gasteiger partial charge in [0.25, 0.3) is 0 Å². The van der Waals surface area contributed by atoms with Crippen molar-refractivity contribution in [1.29, 1.82) is 0 Å². The van der Waals surface area contributed by atoms with Crippen LogP contribution in [0, 0.1) is 6.92 Å². The fraction of sp³-hybridized carbons (Fsp3) is 0.167. The third kappa shape index (κ3) is 4.57. The van der Waals surface area contributed by atoms with E-state index in [2.05, 4.69) is 9.97 Å². The molecule has 0 atom stereocenters. The molecule has 0 N–H and O–H groups in total. The van der Waals surface area contributed by atoms with Gasteiger partial charge in [-0.1, -0.05) is 6.07 Å². The normalized spacial score (nSPS) is 10.6. The average molecular weight is 460 g/mol. The first-order valence-corrected chi connectivity index (χ1v) is 8.44. The predicted molar refractivity (Wildman–Crippen MR) is 63.1 cm³/mol. The maximum atomic E-state index is 12.3. The summed E-state index contributed by atoms with van der Waals surface area (Å²) in [6.45, 7) is 1.89. The molecule has 0 saturated heterocycles. The van der Waals surface area contributed by atoms with Gasteiger partial charge in [0.15, 0.2) is 0 Å². The molecule has 0 saturated carbocycles. The van der Waals surface area contributed by atoms with Crippen molar-refractivity contribution in [3.05, 3.63) is 47.8 Å². The topological polar surface area (TPSA) is 25.8 Å². The van der Waals surface area contributed by atoms with Crippen LogP contribution < -0.4 is 0 Å². The van der Waals surface area contributed by atoms with Crippen LogP contribution in [0.3, 0.4) is 0 Å². The third-order valence-corrected chi connectivity index (χ3v) is 2.26. The number of nitrogens with zero attached hydrogens (tertiary/aromatic N) is 2. The second-order valence-corrected chi connectivity index (χ2v) is 3.65. The number of hydrogen-bond donors (Lipinski definition) is 0. The van der Waals surface area contributed by atoms with Crippen LogP contribution in [0.2, 0.25) is 0 Å². The van der Waals surface area contributed by atoms with Crippen molar-refractivity contribution in [1.82, 2.24) is 9.97 Å². The van der Waals surface area contributed by atoms with Gasteiger partial charge in [-0.25, -0.2) is 0 Å². The van der Waals surface area contributed by atoms with Crippen molar-refractivity contribution in [3.63, 3.8) is 0 Å². The van der Waals surface area contributed by atoms with Crippen molar-refractivity contribution < 1.29 is 31.4 Å². The van der Waals surface area contributed by atoms with E-state index in [1.54, 1.807) is 12.3 Å². The molecule has 0 aliphatic heterocycles. The molecule has 7 heteroatoms. The molecule has 2 aromatic rings. The Balaban J connectivity index is 0.000000861. The fourth-order valence-electron chi connectivity index (χ4n) is 1.33. The van der Waals surface area contributed by atoms with Gasteiger partial charge in [-0.2, -0.15) is 13.2 Å². The molecule has 0 radical (unpaired) electrons. The van der Waals surface area contributed by atoms with Crippen LogP contribution in [0.1, 0.15) is 11.1 Å². The van der Waals surface area contributed by atoms with Crippen LogP contribution in [-0.2, 0) is 24.4 Å². The number of hydrogen-bond acceptors (Lipinski definition) is 2. The molecule has 0 fully saturated rings. The Morgan fingerprint density at radius 1 is 0.947 bits per heavy atom. The molecule has 102 valence electrons. The van der Waals surface area contributed by atoms with Gasteiger partial charge in [0, 0.05) is 12.4 Å². The van der Waals surface area contributed by atoms with Gasteiger partial charge in [0.2, 0.25) is 0 Å². The van der Waals surface area contributed by atoms with Crippen LogP contribution >= 0.6 is 9.53 Å². The summed E-state index contributed by atoms with van der Waals surface area (Å²) in [6, 6.07) is 5.89. The van der Waals surface area contributed by atoms with Gasteiger partial charge in [-0.05, 0) is 30.7 Å². The van der Waals surface area contributed by atoms with E-state index in [1.165, 1.54) is 24.2 Å². The molecule has 0 amide bonds. The molecule has 0 spiro atoms. The molecule has 0 aliphatic rings. The van der Waals surface area contributed by atoms with Crippen molar-refractivity contribution in [3.8, 4) is 11.4 Å². The quantitative estimate of drug-likeness (QED) is 0.640. The maximum absolute atomic E-state index is 12.3. The van der Waals surface area contributed by atoms with E-state index in [0.29, 0.717) is 11.4 Å². The summed E-state index contributed by atoms with van der Waals surface area (Å²) >= 11 is 1.19. The summed E-state index contributed by atoms with van der Waals surface area (Å²) in [5, 5.41) is 0. The van der Waals surface area contributed by atoms with Gasteiger partial charge >= 0.3 is 33.9 Å². The number of pyridine rings is 2. The molecule has 0 aromatic carbocycles. The zero-order valence-electron chi connectivity index (χ0n) is 9.75. The minimum absolute atomic E-state index is 0.429. The average Bonchev–Trinajstić information content (AvgIpc) is 2.41. The van der Waals surface area contributed by atoms with E-state index < -0.39 is 11.7 Å². The number of aryl methyl sites for hydroxylation is 1.